The van der Waals surface area contributed by atoms with Crippen LogP contribution >= 0.6 is 0 Å². The Bertz CT molecular complexity index is 505. The Morgan fingerprint density at radius 3 is 2.57 bits per heavy atom. The van der Waals surface area contributed by atoms with Gasteiger partial charge in [-0.15, -0.1) is 0 Å². The van der Waals surface area contributed by atoms with Gasteiger partial charge in [0, 0.05) is 25.7 Å². The highest BCUT2D eigenvalue weighted by Gasteiger charge is 2.34. The Balaban J connectivity index is 1.90. The van der Waals surface area contributed by atoms with E-state index in [1.54, 1.807) is 19.2 Å². The number of amides is 2. The third kappa shape index (κ3) is 3.82. The zero-order chi connectivity index (χ0) is 15.3. The van der Waals surface area contributed by atoms with Crippen molar-refractivity contribution in [1.82, 2.24) is 16.0 Å². The summed E-state index contributed by atoms with van der Waals surface area (Å²) < 4.78 is 0. The molecule has 1 atom stereocenters. The zero-order valence-electron chi connectivity index (χ0n) is 12.7. The fourth-order valence-corrected chi connectivity index (χ4v) is 2.56. The quantitative estimate of drug-likeness (QED) is 0.776. The van der Waals surface area contributed by atoms with E-state index in [0.29, 0.717) is 12.1 Å². The summed E-state index contributed by atoms with van der Waals surface area (Å²) in [6.07, 6.45) is 1.95. The molecule has 0 bridgehead atoms. The van der Waals surface area contributed by atoms with Crippen molar-refractivity contribution < 1.29 is 9.59 Å². The summed E-state index contributed by atoms with van der Waals surface area (Å²) in [5, 5.41) is 8.85. The lowest BCUT2D eigenvalue weighted by molar-refractivity contribution is -0.131. The van der Waals surface area contributed by atoms with E-state index in [9.17, 15) is 9.59 Å². The Labute approximate surface area is 125 Å². The average Bonchev–Trinajstić information content (AvgIpc) is 2.53. The van der Waals surface area contributed by atoms with Crippen molar-refractivity contribution in [3.05, 3.63) is 35.4 Å². The maximum atomic E-state index is 12.3. The van der Waals surface area contributed by atoms with Crippen molar-refractivity contribution in [3.8, 4) is 0 Å². The SMILES string of the molecule is CNC(=O)c1ccc(CNC(=O)C2(C)CCCNC2)cc1. The van der Waals surface area contributed by atoms with Crippen LogP contribution in [0.15, 0.2) is 24.3 Å². The summed E-state index contributed by atoms with van der Waals surface area (Å²) in [4.78, 5) is 23.8. The molecule has 2 rings (SSSR count). The maximum Gasteiger partial charge on any atom is 0.251 e. The Kier molecular flexibility index (Phi) is 4.96. The van der Waals surface area contributed by atoms with Gasteiger partial charge in [-0.2, -0.15) is 0 Å². The van der Waals surface area contributed by atoms with Crippen LogP contribution in [-0.2, 0) is 11.3 Å². The van der Waals surface area contributed by atoms with E-state index in [-0.39, 0.29) is 17.2 Å². The van der Waals surface area contributed by atoms with Crippen LogP contribution in [0.2, 0.25) is 0 Å². The molecular formula is C16H23N3O2. The molecule has 1 saturated heterocycles. The molecule has 5 nitrogen and oxygen atoms in total. The Hall–Kier alpha value is -1.88. The van der Waals surface area contributed by atoms with Crippen molar-refractivity contribution in [1.29, 1.82) is 0 Å². The van der Waals surface area contributed by atoms with Crippen LogP contribution in [0.1, 0.15) is 35.7 Å². The van der Waals surface area contributed by atoms with Crippen LogP contribution in [0, 0.1) is 5.41 Å². The lowest BCUT2D eigenvalue weighted by Crippen LogP contribution is -2.48. The molecule has 1 aliphatic heterocycles. The minimum Gasteiger partial charge on any atom is -0.355 e. The van der Waals surface area contributed by atoms with Gasteiger partial charge < -0.3 is 16.0 Å². The molecular weight excluding hydrogens is 266 g/mol. The summed E-state index contributed by atoms with van der Waals surface area (Å²) in [6, 6.07) is 7.27. The number of hydrogen-bond donors (Lipinski definition) is 3. The predicted molar refractivity (Wildman–Crippen MR) is 81.9 cm³/mol. The highest BCUT2D eigenvalue weighted by atomic mass is 16.2. The lowest BCUT2D eigenvalue weighted by Gasteiger charge is -2.32. The van der Waals surface area contributed by atoms with Crippen LogP contribution in [0.3, 0.4) is 0 Å². The van der Waals surface area contributed by atoms with Crippen molar-refractivity contribution in [3.63, 3.8) is 0 Å². The topological polar surface area (TPSA) is 70.2 Å². The molecule has 0 radical (unpaired) electrons. The second-order valence-electron chi connectivity index (χ2n) is 5.80. The molecule has 3 N–H and O–H groups in total. The third-order valence-corrected chi connectivity index (χ3v) is 4.04. The normalized spacial score (nSPS) is 21.6. The molecule has 0 saturated carbocycles. The second-order valence-corrected chi connectivity index (χ2v) is 5.80. The van der Waals surface area contributed by atoms with E-state index in [1.807, 2.05) is 19.1 Å². The molecule has 1 unspecified atom stereocenters. The van der Waals surface area contributed by atoms with Crippen molar-refractivity contribution in [2.24, 2.45) is 5.41 Å². The second kappa shape index (κ2) is 6.72. The van der Waals surface area contributed by atoms with E-state index < -0.39 is 0 Å². The van der Waals surface area contributed by atoms with E-state index in [4.69, 9.17) is 0 Å². The number of carbonyl (C=O) groups excluding carboxylic acids is 2. The molecule has 2 amide bonds. The first-order chi connectivity index (χ1) is 10.0. The highest BCUT2D eigenvalue weighted by molar-refractivity contribution is 5.93. The lowest BCUT2D eigenvalue weighted by atomic mass is 9.82. The highest BCUT2D eigenvalue weighted by Crippen LogP contribution is 2.25. The minimum atomic E-state index is -0.319. The standard InChI is InChI=1S/C16H23N3O2/c1-16(8-3-9-18-11-16)15(21)19-10-12-4-6-13(7-5-12)14(20)17-2/h4-7,18H,3,8-11H2,1-2H3,(H,17,20)(H,19,21). The molecule has 1 aromatic rings. The summed E-state index contributed by atoms with van der Waals surface area (Å²) in [5.74, 6) is -0.0172. The van der Waals surface area contributed by atoms with E-state index >= 15 is 0 Å². The molecule has 1 heterocycles. The molecule has 1 aliphatic rings. The van der Waals surface area contributed by atoms with Gasteiger partial charge in [-0.3, -0.25) is 9.59 Å². The van der Waals surface area contributed by atoms with Crippen molar-refractivity contribution in [2.75, 3.05) is 20.1 Å². The Morgan fingerprint density at radius 1 is 1.29 bits per heavy atom. The first-order valence-electron chi connectivity index (χ1n) is 7.35. The minimum absolute atomic E-state index is 0.0880. The van der Waals surface area contributed by atoms with Crippen molar-refractivity contribution >= 4 is 11.8 Å². The van der Waals surface area contributed by atoms with Gasteiger partial charge in [0.2, 0.25) is 5.91 Å². The van der Waals surface area contributed by atoms with Gasteiger partial charge in [0.15, 0.2) is 0 Å². The van der Waals surface area contributed by atoms with E-state index in [0.717, 1.165) is 31.5 Å². The van der Waals surface area contributed by atoms with Crippen LogP contribution in [0.25, 0.3) is 0 Å². The molecule has 114 valence electrons. The van der Waals surface area contributed by atoms with Crippen LogP contribution < -0.4 is 16.0 Å². The van der Waals surface area contributed by atoms with Crippen molar-refractivity contribution in [2.45, 2.75) is 26.3 Å². The fraction of sp³-hybridized carbons (Fsp3) is 0.500. The van der Waals surface area contributed by atoms with Gasteiger partial charge in [-0.05, 0) is 44.0 Å². The van der Waals surface area contributed by atoms with Gasteiger partial charge in [-0.25, -0.2) is 0 Å². The van der Waals surface area contributed by atoms with Gasteiger partial charge in [-0.1, -0.05) is 12.1 Å². The molecule has 1 fully saturated rings. The zero-order valence-corrected chi connectivity index (χ0v) is 12.7. The van der Waals surface area contributed by atoms with Gasteiger partial charge in [0.1, 0.15) is 0 Å². The van der Waals surface area contributed by atoms with Gasteiger partial charge in [0.25, 0.3) is 5.91 Å². The number of rotatable bonds is 4. The predicted octanol–water partition coefficient (Wildman–Crippen LogP) is 1.05. The summed E-state index contributed by atoms with van der Waals surface area (Å²) in [7, 11) is 1.61. The third-order valence-electron chi connectivity index (χ3n) is 4.04. The summed E-state index contributed by atoms with van der Waals surface area (Å²) in [6.45, 7) is 4.21. The average molecular weight is 289 g/mol. The number of benzene rings is 1. The number of nitrogens with one attached hydrogen (secondary N) is 3. The summed E-state index contributed by atoms with van der Waals surface area (Å²) >= 11 is 0. The smallest absolute Gasteiger partial charge is 0.251 e. The number of piperidine rings is 1. The largest absolute Gasteiger partial charge is 0.355 e. The van der Waals surface area contributed by atoms with Gasteiger partial charge >= 0.3 is 0 Å². The first-order valence-corrected chi connectivity index (χ1v) is 7.35. The fourth-order valence-electron chi connectivity index (χ4n) is 2.56. The molecule has 1 aromatic carbocycles. The summed E-state index contributed by atoms with van der Waals surface area (Å²) in [5.41, 5.74) is 1.29. The number of hydrogen-bond acceptors (Lipinski definition) is 3. The Morgan fingerprint density at radius 2 is 2.00 bits per heavy atom. The van der Waals surface area contributed by atoms with E-state index in [1.165, 1.54) is 0 Å². The maximum absolute atomic E-state index is 12.3. The molecule has 0 aromatic heterocycles. The van der Waals surface area contributed by atoms with Crippen LogP contribution in [0.5, 0.6) is 0 Å². The molecule has 0 aliphatic carbocycles. The molecule has 5 heteroatoms. The van der Waals surface area contributed by atoms with Crippen LogP contribution in [0.4, 0.5) is 0 Å². The van der Waals surface area contributed by atoms with Crippen LogP contribution in [-0.4, -0.2) is 32.0 Å². The molecule has 21 heavy (non-hydrogen) atoms. The van der Waals surface area contributed by atoms with Gasteiger partial charge in [0.05, 0.1) is 5.41 Å². The van der Waals surface area contributed by atoms with E-state index in [2.05, 4.69) is 16.0 Å². The number of carbonyl (C=O) groups is 2. The first kappa shape index (κ1) is 15.5. The molecule has 0 spiro atoms. The monoisotopic (exact) mass is 289 g/mol.